The summed E-state index contributed by atoms with van der Waals surface area (Å²) in [5.41, 5.74) is 5.87. The molecule has 1 unspecified atom stereocenters. The van der Waals surface area contributed by atoms with Crippen molar-refractivity contribution in [2.45, 2.75) is 18.9 Å². The molecule has 1 amide bonds. The standard InChI is InChI=1S/C10H13ClN2OS/c11-9-4-3-8(15-9)10(14)13-5-7(12)6-1-2-6/h3-4,6-7H,1-2,5,12H2,(H,13,14). The van der Waals surface area contributed by atoms with Crippen LogP contribution in [0.1, 0.15) is 22.5 Å². The van der Waals surface area contributed by atoms with Gasteiger partial charge in [0, 0.05) is 12.6 Å². The fourth-order valence-electron chi connectivity index (χ4n) is 1.43. The number of hydrogen-bond acceptors (Lipinski definition) is 3. The van der Waals surface area contributed by atoms with Gasteiger partial charge in [-0.2, -0.15) is 0 Å². The van der Waals surface area contributed by atoms with Gasteiger partial charge in [-0.15, -0.1) is 11.3 Å². The minimum atomic E-state index is -0.0806. The Kier molecular flexibility index (Phi) is 3.29. The quantitative estimate of drug-likeness (QED) is 0.850. The smallest absolute Gasteiger partial charge is 0.261 e. The molecule has 0 spiro atoms. The lowest BCUT2D eigenvalue weighted by Crippen LogP contribution is -2.38. The maximum absolute atomic E-state index is 11.6. The van der Waals surface area contributed by atoms with Crippen molar-refractivity contribution in [1.82, 2.24) is 5.32 Å². The number of nitrogens with one attached hydrogen (secondary N) is 1. The fraction of sp³-hybridized carbons (Fsp3) is 0.500. The minimum Gasteiger partial charge on any atom is -0.350 e. The maximum Gasteiger partial charge on any atom is 0.261 e. The molecule has 1 fully saturated rings. The van der Waals surface area contributed by atoms with Crippen molar-refractivity contribution >= 4 is 28.8 Å². The third kappa shape index (κ3) is 2.93. The van der Waals surface area contributed by atoms with Crippen molar-refractivity contribution in [3.8, 4) is 0 Å². The summed E-state index contributed by atoms with van der Waals surface area (Å²) >= 11 is 7.03. The third-order valence-corrected chi connectivity index (χ3v) is 3.75. The predicted octanol–water partition coefficient (Wildman–Crippen LogP) is 1.87. The lowest BCUT2D eigenvalue weighted by Gasteiger charge is -2.10. The Morgan fingerprint density at radius 2 is 2.40 bits per heavy atom. The molecule has 0 radical (unpaired) electrons. The second-order valence-corrected chi connectivity index (χ2v) is 5.53. The Labute approximate surface area is 97.6 Å². The Morgan fingerprint density at radius 3 is 2.93 bits per heavy atom. The highest BCUT2D eigenvalue weighted by atomic mass is 35.5. The van der Waals surface area contributed by atoms with E-state index in [1.807, 2.05) is 0 Å². The van der Waals surface area contributed by atoms with Gasteiger partial charge in [-0.3, -0.25) is 4.79 Å². The van der Waals surface area contributed by atoms with Gasteiger partial charge >= 0.3 is 0 Å². The number of nitrogens with two attached hydrogens (primary N) is 1. The number of carbonyl (C=O) groups is 1. The third-order valence-electron chi connectivity index (χ3n) is 2.52. The molecule has 15 heavy (non-hydrogen) atoms. The highest BCUT2D eigenvalue weighted by Gasteiger charge is 2.28. The molecule has 1 atom stereocenters. The van der Waals surface area contributed by atoms with Crippen LogP contribution in [0.2, 0.25) is 4.34 Å². The summed E-state index contributed by atoms with van der Waals surface area (Å²) in [7, 11) is 0. The highest BCUT2D eigenvalue weighted by Crippen LogP contribution is 2.31. The van der Waals surface area contributed by atoms with Gasteiger partial charge in [0.1, 0.15) is 0 Å². The summed E-state index contributed by atoms with van der Waals surface area (Å²) in [6, 6.07) is 3.55. The van der Waals surface area contributed by atoms with Crippen molar-refractivity contribution in [3.05, 3.63) is 21.3 Å². The molecule has 3 nitrogen and oxygen atoms in total. The molecule has 2 rings (SSSR count). The van der Waals surface area contributed by atoms with Crippen LogP contribution in [0.4, 0.5) is 0 Å². The van der Waals surface area contributed by atoms with Crippen LogP contribution in [0.25, 0.3) is 0 Å². The molecular formula is C10H13ClN2OS. The molecule has 1 saturated carbocycles. The largest absolute Gasteiger partial charge is 0.350 e. The first-order valence-electron chi connectivity index (χ1n) is 4.96. The lowest BCUT2D eigenvalue weighted by atomic mass is 10.2. The van der Waals surface area contributed by atoms with E-state index in [9.17, 15) is 4.79 Å². The SMILES string of the molecule is NC(CNC(=O)c1ccc(Cl)s1)C1CC1. The van der Waals surface area contributed by atoms with Gasteiger partial charge in [0.25, 0.3) is 5.91 Å². The summed E-state index contributed by atoms with van der Waals surface area (Å²) in [6.45, 7) is 0.555. The number of rotatable bonds is 4. The number of thiophene rings is 1. The Balaban J connectivity index is 1.81. The van der Waals surface area contributed by atoms with Crippen LogP contribution in [-0.2, 0) is 0 Å². The summed E-state index contributed by atoms with van der Waals surface area (Å²) in [5.74, 6) is 0.528. The van der Waals surface area contributed by atoms with E-state index in [0.717, 1.165) is 0 Å². The first-order chi connectivity index (χ1) is 7.16. The molecule has 1 aliphatic rings. The van der Waals surface area contributed by atoms with Crippen molar-refractivity contribution in [1.29, 1.82) is 0 Å². The van der Waals surface area contributed by atoms with Crippen LogP contribution < -0.4 is 11.1 Å². The van der Waals surface area contributed by atoms with Crippen LogP contribution in [-0.4, -0.2) is 18.5 Å². The van der Waals surface area contributed by atoms with Gasteiger partial charge in [-0.05, 0) is 30.9 Å². The van der Waals surface area contributed by atoms with E-state index >= 15 is 0 Å². The minimum absolute atomic E-state index is 0.0806. The summed E-state index contributed by atoms with van der Waals surface area (Å²) in [5, 5.41) is 2.82. The second-order valence-electron chi connectivity index (χ2n) is 3.82. The average Bonchev–Trinajstić information content (AvgIpc) is 2.97. The molecule has 1 aromatic heterocycles. The predicted molar refractivity (Wildman–Crippen MR) is 62.4 cm³/mol. The summed E-state index contributed by atoms with van der Waals surface area (Å²) < 4.78 is 0.631. The lowest BCUT2D eigenvalue weighted by molar-refractivity contribution is 0.0954. The van der Waals surface area contributed by atoms with Gasteiger partial charge in [-0.1, -0.05) is 11.6 Å². The van der Waals surface area contributed by atoms with E-state index < -0.39 is 0 Å². The number of hydrogen-bond donors (Lipinski definition) is 2. The van der Waals surface area contributed by atoms with Crippen LogP contribution in [0.15, 0.2) is 12.1 Å². The molecule has 3 N–H and O–H groups in total. The number of halogens is 1. The molecule has 0 saturated heterocycles. The first-order valence-corrected chi connectivity index (χ1v) is 6.15. The monoisotopic (exact) mass is 244 g/mol. The van der Waals surface area contributed by atoms with Gasteiger partial charge in [0.2, 0.25) is 0 Å². The molecule has 82 valence electrons. The number of amides is 1. The van der Waals surface area contributed by atoms with Crippen LogP contribution in [0.3, 0.4) is 0 Å². The molecule has 0 aliphatic heterocycles. The van der Waals surface area contributed by atoms with Crippen LogP contribution in [0, 0.1) is 5.92 Å². The van der Waals surface area contributed by atoms with Crippen molar-refractivity contribution in [2.24, 2.45) is 11.7 Å². The van der Waals surface area contributed by atoms with Gasteiger partial charge in [0.15, 0.2) is 0 Å². The van der Waals surface area contributed by atoms with Gasteiger partial charge in [-0.25, -0.2) is 0 Å². The van der Waals surface area contributed by atoms with Crippen molar-refractivity contribution in [3.63, 3.8) is 0 Å². The Bertz CT molecular complexity index is 362. The maximum atomic E-state index is 11.6. The number of carbonyl (C=O) groups excluding carboxylic acids is 1. The van der Waals surface area contributed by atoms with E-state index in [4.69, 9.17) is 17.3 Å². The molecule has 1 aromatic rings. The van der Waals surface area contributed by atoms with Crippen LogP contribution in [0.5, 0.6) is 0 Å². The van der Waals surface area contributed by atoms with E-state index in [0.29, 0.717) is 21.7 Å². The van der Waals surface area contributed by atoms with Crippen molar-refractivity contribution < 1.29 is 4.79 Å². The fourth-order valence-corrected chi connectivity index (χ4v) is 2.38. The molecule has 1 aliphatic carbocycles. The first kappa shape index (κ1) is 10.9. The zero-order valence-corrected chi connectivity index (χ0v) is 9.77. The topological polar surface area (TPSA) is 55.1 Å². The van der Waals surface area contributed by atoms with Gasteiger partial charge < -0.3 is 11.1 Å². The average molecular weight is 245 g/mol. The van der Waals surface area contributed by atoms with Crippen LogP contribution >= 0.6 is 22.9 Å². The molecule has 1 heterocycles. The molecule has 0 aromatic carbocycles. The van der Waals surface area contributed by atoms with Crippen molar-refractivity contribution in [2.75, 3.05) is 6.54 Å². The van der Waals surface area contributed by atoms with Gasteiger partial charge in [0.05, 0.1) is 9.21 Å². The zero-order chi connectivity index (χ0) is 10.8. The highest BCUT2D eigenvalue weighted by molar-refractivity contribution is 7.17. The zero-order valence-electron chi connectivity index (χ0n) is 8.20. The second kappa shape index (κ2) is 4.51. The molecule has 5 heteroatoms. The normalized spacial score (nSPS) is 17.5. The van der Waals surface area contributed by atoms with E-state index in [1.54, 1.807) is 12.1 Å². The molecular weight excluding hydrogens is 232 g/mol. The van der Waals surface area contributed by atoms with E-state index in [-0.39, 0.29) is 11.9 Å². The molecule has 0 bridgehead atoms. The van der Waals surface area contributed by atoms with E-state index in [1.165, 1.54) is 24.2 Å². The Hall–Kier alpha value is -0.580. The Morgan fingerprint density at radius 1 is 1.67 bits per heavy atom. The van der Waals surface area contributed by atoms with E-state index in [2.05, 4.69) is 5.32 Å². The summed E-state index contributed by atoms with van der Waals surface area (Å²) in [4.78, 5) is 12.2. The summed E-state index contributed by atoms with van der Waals surface area (Å²) in [6.07, 6.45) is 2.39.